The average Bonchev–Trinajstić information content (AvgIpc) is 3.23. The normalized spacial score (nSPS) is 10.9. The van der Waals surface area contributed by atoms with Crippen molar-refractivity contribution in [1.29, 1.82) is 0 Å². The van der Waals surface area contributed by atoms with E-state index in [4.69, 9.17) is 0 Å². The van der Waals surface area contributed by atoms with Crippen molar-refractivity contribution in [3.63, 3.8) is 0 Å². The molecule has 0 saturated heterocycles. The van der Waals surface area contributed by atoms with E-state index in [0.29, 0.717) is 5.69 Å². The van der Waals surface area contributed by atoms with Gasteiger partial charge < -0.3 is 15.6 Å². The van der Waals surface area contributed by atoms with E-state index in [9.17, 15) is 9.59 Å². The monoisotopic (exact) mass is 401 g/mol. The predicted octanol–water partition coefficient (Wildman–Crippen LogP) is 3.44. The lowest BCUT2D eigenvalue weighted by atomic mass is 10.1. The summed E-state index contributed by atoms with van der Waals surface area (Å²) in [5, 5.41) is 10.7. The summed E-state index contributed by atoms with van der Waals surface area (Å²) in [7, 11) is 1.85. The number of rotatable bonds is 4. The summed E-state index contributed by atoms with van der Waals surface area (Å²) in [6, 6.07) is 17.4. The number of para-hydroxylation sites is 1. The number of nitrogens with zero attached hydrogens (tertiary/aromatic N) is 2. The third-order valence-corrected chi connectivity index (χ3v) is 5.30. The SMILES string of the molecule is Cc1nn(C)c(C)c1CNC(=O)C(=O)Nc1c(-c2ccccc2)[nH]c2ccccc12. The number of anilines is 1. The summed E-state index contributed by atoms with van der Waals surface area (Å²) >= 11 is 0. The molecule has 0 bridgehead atoms. The fourth-order valence-electron chi connectivity index (χ4n) is 3.59. The van der Waals surface area contributed by atoms with Gasteiger partial charge in [0.1, 0.15) is 0 Å². The molecule has 7 heteroatoms. The van der Waals surface area contributed by atoms with Crippen LogP contribution in [0.1, 0.15) is 17.0 Å². The molecule has 152 valence electrons. The van der Waals surface area contributed by atoms with Crippen LogP contribution < -0.4 is 10.6 Å². The standard InChI is InChI=1S/C23H23N5O2/c1-14-18(15(2)28(3)27-14)13-24-22(29)23(30)26-21-17-11-7-8-12-19(17)25-20(21)16-9-5-4-6-10-16/h4-12,25H,13H2,1-3H3,(H,24,29)(H,26,30). The molecular weight excluding hydrogens is 378 g/mol. The minimum absolute atomic E-state index is 0.247. The minimum atomic E-state index is -0.712. The Labute approximate surface area is 174 Å². The summed E-state index contributed by atoms with van der Waals surface area (Å²) in [4.78, 5) is 28.5. The van der Waals surface area contributed by atoms with Crippen LogP contribution in [0, 0.1) is 13.8 Å². The Bertz CT molecular complexity index is 1240. The first-order chi connectivity index (χ1) is 14.5. The summed E-state index contributed by atoms with van der Waals surface area (Å²) in [5.41, 5.74) is 5.85. The fraction of sp³-hybridized carbons (Fsp3) is 0.174. The maximum absolute atomic E-state index is 12.7. The predicted molar refractivity (Wildman–Crippen MR) is 117 cm³/mol. The lowest BCUT2D eigenvalue weighted by molar-refractivity contribution is -0.136. The van der Waals surface area contributed by atoms with Crippen LogP contribution in [0.15, 0.2) is 54.6 Å². The van der Waals surface area contributed by atoms with E-state index in [0.717, 1.165) is 39.1 Å². The molecule has 30 heavy (non-hydrogen) atoms. The number of hydrogen-bond acceptors (Lipinski definition) is 3. The largest absolute Gasteiger partial charge is 0.353 e. The zero-order chi connectivity index (χ0) is 21.3. The molecule has 4 rings (SSSR count). The summed E-state index contributed by atoms with van der Waals surface area (Å²) in [5.74, 6) is -1.40. The highest BCUT2D eigenvalue weighted by Gasteiger charge is 2.20. The van der Waals surface area contributed by atoms with Crippen LogP contribution in [-0.2, 0) is 23.2 Å². The molecule has 2 heterocycles. The number of amides is 2. The lowest BCUT2D eigenvalue weighted by Crippen LogP contribution is -2.35. The number of H-pyrrole nitrogens is 1. The van der Waals surface area contributed by atoms with Gasteiger partial charge in [-0.05, 0) is 19.9 Å². The number of nitrogens with one attached hydrogen (secondary N) is 3. The second kappa shape index (κ2) is 7.87. The van der Waals surface area contributed by atoms with Crippen LogP contribution in [0.5, 0.6) is 0 Å². The van der Waals surface area contributed by atoms with Crippen LogP contribution in [0.2, 0.25) is 0 Å². The molecule has 3 N–H and O–H groups in total. The molecule has 2 amide bonds. The first-order valence-electron chi connectivity index (χ1n) is 9.70. The van der Waals surface area contributed by atoms with Gasteiger partial charge in [-0.3, -0.25) is 14.3 Å². The molecule has 2 aromatic heterocycles. The van der Waals surface area contributed by atoms with E-state index in [1.54, 1.807) is 4.68 Å². The van der Waals surface area contributed by atoms with Gasteiger partial charge in [-0.1, -0.05) is 48.5 Å². The fourth-order valence-corrected chi connectivity index (χ4v) is 3.59. The number of hydrogen-bond donors (Lipinski definition) is 3. The van der Waals surface area contributed by atoms with Crippen molar-refractivity contribution in [2.75, 3.05) is 5.32 Å². The molecule has 4 aromatic rings. The van der Waals surface area contributed by atoms with Crippen LogP contribution in [0.4, 0.5) is 5.69 Å². The van der Waals surface area contributed by atoms with Crippen molar-refractivity contribution >= 4 is 28.4 Å². The van der Waals surface area contributed by atoms with Crippen molar-refractivity contribution in [1.82, 2.24) is 20.1 Å². The van der Waals surface area contributed by atoms with Gasteiger partial charge in [0.15, 0.2) is 0 Å². The molecule has 0 spiro atoms. The van der Waals surface area contributed by atoms with Crippen LogP contribution in [0.25, 0.3) is 22.2 Å². The first-order valence-corrected chi connectivity index (χ1v) is 9.70. The zero-order valence-corrected chi connectivity index (χ0v) is 17.1. The highest BCUT2D eigenvalue weighted by Crippen LogP contribution is 2.34. The molecule has 7 nitrogen and oxygen atoms in total. The number of carbonyl (C=O) groups excluding carboxylic acids is 2. The van der Waals surface area contributed by atoms with Crippen LogP contribution in [0.3, 0.4) is 0 Å². The number of aromatic nitrogens is 3. The number of aromatic amines is 1. The molecule has 0 fully saturated rings. The molecular formula is C23H23N5O2. The van der Waals surface area contributed by atoms with Crippen LogP contribution >= 0.6 is 0 Å². The van der Waals surface area contributed by atoms with Gasteiger partial charge in [-0.2, -0.15) is 5.10 Å². The summed E-state index contributed by atoms with van der Waals surface area (Å²) in [6.45, 7) is 4.06. The Balaban J connectivity index is 1.57. The maximum atomic E-state index is 12.7. The van der Waals surface area contributed by atoms with E-state index < -0.39 is 11.8 Å². The Morgan fingerprint density at radius 1 is 1.00 bits per heavy atom. The molecule has 2 aromatic carbocycles. The summed E-state index contributed by atoms with van der Waals surface area (Å²) < 4.78 is 1.76. The third-order valence-electron chi connectivity index (χ3n) is 5.30. The Morgan fingerprint density at radius 3 is 2.40 bits per heavy atom. The number of benzene rings is 2. The molecule has 0 unspecified atom stereocenters. The Morgan fingerprint density at radius 2 is 1.70 bits per heavy atom. The van der Waals surface area contributed by atoms with Gasteiger partial charge in [0.25, 0.3) is 0 Å². The van der Waals surface area contributed by atoms with Crippen molar-refractivity contribution in [2.24, 2.45) is 7.05 Å². The molecule has 0 atom stereocenters. The van der Waals surface area contributed by atoms with Gasteiger partial charge in [0.2, 0.25) is 0 Å². The van der Waals surface area contributed by atoms with E-state index >= 15 is 0 Å². The third kappa shape index (κ3) is 3.57. The molecule has 0 radical (unpaired) electrons. The lowest BCUT2D eigenvalue weighted by Gasteiger charge is -2.09. The number of fused-ring (bicyclic) bond motifs is 1. The first kappa shape index (κ1) is 19.4. The van der Waals surface area contributed by atoms with Crippen molar-refractivity contribution in [2.45, 2.75) is 20.4 Å². The smallest absolute Gasteiger partial charge is 0.313 e. The van der Waals surface area contributed by atoms with Gasteiger partial charge >= 0.3 is 11.8 Å². The van der Waals surface area contributed by atoms with Gasteiger partial charge in [0.05, 0.1) is 17.1 Å². The number of carbonyl (C=O) groups is 2. The zero-order valence-electron chi connectivity index (χ0n) is 17.1. The summed E-state index contributed by atoms with van der Waals surface area (Å²) in [6.07, 6.45) is 0. The average molecular weight is 401 g/mol. The van der Waals surface area contributed by atoms with Gasteiger partial charge in [-0.15, -0.1) is 0 Å². The van der Waals surface area contributed by atoms with E-state index in [1.165, 1.54) is 0 Å². The van der Waals surface area contributed by atoms with E-state index in [-0.39, 0.29) is 6.54 Å². The van der Waals surface area contributed by atoms with E-state index in [1.807, 2.05) is 75.5 Å². The van der Waals surface area contributed by atoms with Gasteiger partial charge in [-0.25, -0.2) is 0 Å². The molecule has 0 saturated carbocycles. The second-order valence-corrected chi connectivity index (χ2v) is 7.20. The quantitative estimate of drug-likeness (QED) is 0.458. The van der Waals surface area contributed by atoms with Crippen molar-refractivity contribution < 1.29 is 9.59 Å². The molecule has 0 aliphatic heterocycles. The highest BCUT2D eigenvalue weighted by atomic mass is 16.2. The molecule has 0 aliphatic rings. The highest BCUT2D eigenvalue weighted by molar-refractivity contribution is 6.40. The van der Waals surface area contributed by atoms with Crippen molar-refractivity contribution in [3.8, 4) is 11.3 Å². The second-order valence-electron chi connectivity index (χ2n) is 7.20. The van der Waals surface area contributed by atoms with Gasteiger partial charge in [0, 0.05) is 41.3 Å². The molecule has 0 aliphatic carbocycles. The van der Waals surface area contributed by atoms with Crippen LogP contribution in [-0.4, -0.2) is 26.6 Å². The Kier molecular flexibility index (Phi) is 5.10. The number of aryl methyl sites for hydroxylation is 2. The minimum Gasteiger partial charge on any atom is -0.353 e. The Hall–Kier alpha value is -3.87. The van der Waals surface area contributed by atoms with E-state index in [2.05, 4.69) is 20.7 Å². The maximum Gasteiger partial charge on any atom is 0.313 e. The van der Waals surface area contributed by atoms with Crippen molar-refractivity contribution in [3.05, 3.63) is 71.5 Å². The topological polar surface area (TPSA) is 91.8 Å².